The summed E-state index contributed by atoms with van der Waals surface area (Å²) in [4.78, 5) is 0. The number of hydrogen-bond acceptors (Lipinski definition) is 2. The molecule has 0 bridgehead atoms. The quantitative estimate of drug-likeness (QED) is 0.786. The highest BCUT2D eigenvalue weighted by Gasteiger charge is 2.31. The van der Waals surface area contributed by atoms with E-state index in [4.69, 9.17) is 0 Å². The van der Waals surface area contributed by atoms with Crippen LogP contribution in [-0.2, 0) is 19.9 Å². The van der Waals surface area contributed by atoms with E-state index in [2.05, 4.69) is 42.1 Å². The third-order valence-electron chi connectivity index (χ3n) is 3.67. The third-order valence-corrected chi connectivity index (χ3v) is 3.67. The molecule has 1 N–H and O–H groups in total. The maximum atomic E-state index is 4.53. The summed E-state index contributed by atoms with van der Waals surface area (Å²) in [6.45, 7) is 5.54. The van der Waals surface area contributed by atoms with Gasteiger partial charge in [-0.25, -0.2) is 0 Å². The molecular weight excluding hydrogens is 210 g/mol. The monoisotopic (exact) mass is 235 g/mol. The summed E-state index contributed by atoms with van der Waals surface area (Å²) in [5.41, 5.74) is 2.59. The molecule has 0 saturated heterocycles. The van der Waals surface area contributed by atoms with Gasteiger partial charge >= 0.3 is 0 Å². The van der Waals surface area contributed by atoms with Crippen molar-refractivity contribution in [1.29, 1.82) is 0 Å². The summed E-state index contributed by atoms with van der Waals surface area (Å²) < 4.78 is 2.06. The molecule has 1 aliphatic rings. The molecule has 0 radical (unpaired) electrons. The zero-order valence-electron chi connectivity index (χ0n) is 11.4. The van der Waals surface area contributed by atoms with Gasteiger partial charge in [0.25, 0.3) is 0 Å². The zero-order valence-corrected chi connectivity index (χ0v) is 11.4. The summed E-state index contributed by atoms with van der Waals surface area (Å²) in [7, 11) is 2.07. The molecule has 3 nitrogen and oxygen atoms in total. The summed E-state index contributed by atoms with van der Waals surface area (Å²) in [6, 6.07) is 2.93. The van der Waals surface area contributed by atoms with Gasteiger partial charge in [0.15, 0.2) is 0 Å². The lowest BCUT2D eigenvalue weighted by Crippen LogP contribution is -2.34. The lowest BCUT2D eigenvalue weighted by molar-refractivity contribution is 0.449. The Balaban J connectivity index is 1.98. The second-order valence-electron chi connectivity index (χ2n) is 5.21. The molecule has 17 heavy (non-hydrogen) atoms. The van der Waals surface area contributed by atoms with Crippen molar-refractivity contribution in [2.45, 2.75) is 52.0 Å². The second kappa shape index (κ2) is 5.67. The van der Waals surface area contributed by atoms with Gasteiger partial charge < -0.3 is 5.32 Å². The van der Waals surface area contributed by atoms with Gasteiger partial charge in [0.05, 0.1) is 5.69 Å². The zero-order chi connectivity index (χ0) is 12.3. The summed E-state index contributed by atoms with van der Waals surface area (Å²) in [5, 5.41) is 8.22. The standard InChI is InChI=1S/C14H25N3/c1-4-8-15-14(11-6-7-11)10-13-9-12(5-2)16-17(13)3/h9,11,14-15H,4-8,10H2,1-3H3. The lowest BCUT2D eigenvalue weighted by atomic mass is 10.1. The molecule has 0 amide bonds. The van der Waals surface area contributed by atoms with Crippen LogP contribution < -0.4 is 5.32 Å². The average Bonchev–Trinajstić information content (AvgIpc) is 3.10. The summed E-state index contributed by atoms with van der Waals surface area (Å²) in [5.74, 6) is 0.904. The van der Waals surface area contributed by atoms with E-state index in [-0.39, 0.29) is 0 Å². The van der Waals surface area contributed by atoms with Crippen LogP contribution in [0.3, 0.4) is 0 Å². The van der Waals surface area contributed by atoms with E-state index in [0.29, 0.717) is 6.04 Å². The van der Waals surface area contributed by atoms with Crippen molar-refractivity contribution < 1.29 is 0 Å². The SMILES string of the molecule is CCCNC(Cc1cc(CC)nn1C)C1CC1. The Morgan fingerprint density at radius 2 is 2.24 bits per heavy atom. The van der Waals surface area contributed by atoms with Crippen LogP contribution in [0.1, 0.15) is 44.5 Å². The first-order chi connectivity index (χ1) is 8.24. The van der Waals surface area contributed by atoms with Gasteiger partial charge in [-0.05, 0) is 44.2 Å². The van der Waals surface area contributed by atoms with E-state index in [9.17, 15) is 0 Å². The molecule has 1 heterocycles. The van der Waals surface area contributed by atoms with Crippen LogP contribution in [0.25, 0.3) is 0 Å². The van der Waals surface area contributed by atoms with Crippen molar-refractivity contribution in [3.8, 4) is 0 Å². The predicted molar refractivity (Wildman–Crippen MR) is 71.1 cm³/mol. The van der Waals surface area contributed by atoms with Gasteiger partial charge in [-0.3, -0.25) is 4.68 Å². The Kier molecular flexibility index (Phi) is 4.21. The molecule has 3 heteroatoms. The van der Waals surface area contributed by atoms with Crippen LogP contribution in [0.4, 0.5) is 0 Å². The minimum atomic E-state index is 0.662. The molecule has 1 aromatic rings. The molecular formula is C14H25N3. The maximum absolute atomic E-state index is 4.53. The molecule has 1 fully saturated rings. The van der Waals surface area contributed by atoms with E-state index in [1.54, 1.807) is 0 Å². The topological polar surface area (TPSA) is 29.9 Å². The highest BCUT2D eigenvalue weighted by Crippen LogP contribution is 2.34. The Hall–Kier alpha value is -0.830. The van der Waals surface area contributed by atoms with Gasteiger partial charge in [-0.2, -0.15) is 5.10 Å². The van der Waals surface area contributed by atoms with Gasteiger partial charge in [0.2, 0.25) is 0 Å². The first-order valence-electron chi connectivity index (χ1n) is 6.99. The Labute approximate surface area is 105 Å². The summed E-state index contributed by atoms with van der Waals surface area (Å²) >= 11 is 0. The molecule has 0 aliphatic heterocycles. The Morgan fingerprint density at radius 1 is 1.47 bits per heavy atom. The average molecular weight is 235 g/mol. The fourth-order valence-corrected chi connectivity index (χ4v) is 2.39. The van der Waals surface area contributed by atoms with Gasteiger partial charge in [0, 0.05) is 25.2 Å². The number of nitrogens with zero attached hydrogens (tertiary/aromatic N) is 2. The molecule has 1 aliphatic carbocycles. The van der Waals surface area contributed by atoms with E-state index < -0.39 is 0 Å². The Bertz CT molecular complexity index is 352. The number of aromatic nitrogens is 2. The van der Waals surface area contributed by atoms with Gasteiger partial charge in [-0.1, -0.05) is 13.8 Å². The minimum Gasteiger partial charge on any atom is -0.313 e. The molecule has 96 valence electrons. The Morgan fingerprint density at radius 3 is 2.76 bits per heavy atom. The van der Waals surface area contributed by atoms with Crippen molar-refractivity contribution in [2.75, 3.05) is 6.54 Å². The van der Waals surface area contributed by atoms with Crippen molar-refractivity contribution >= 4 is 0 Å². The minimum absolute atomic E-state index is 0.662. The smallest absolute Gasteiger partial charge is 0.0624 e. The van der Waals surface area contributed by atoms with Crippen molar-refractivity contribution in [2.24, 2.45) is 13.0 Å². The molecule has 0 aromatic carbocycles. The van der Waals surface area contributed by atoms with E-state index in [0.717, 1.165) is 25.3 Å². The largest absolute Gasteiger partial charge is 0.313 e. The van der Waals surface area contributed by atoms with E-state index >= 15 is 0 Å². The maximum Gasteiger partial charge on any atom is 0.0624 e. The molecule has 2 rings (SSSR count). The molecule has 1 aromatic heterocycles. The number of rotatable bonds is 7. The number of aryl methyl sites for hydroxylation is 2. The van der Waals surface area contributed by atoms with E-state index in [1.165, 1.54) is 30.7 Å². The van der Waals surface area contributed by atoms with Gasteiger partial charge in [-0.15, -0.1) is 0 Å². The van der Waals surface area contributed by atoms with Crippen molar-refractivity contribution in [1.82, 2.24) is 15.1 Å². The highest BCUT2D eigenvalue weighted by atomic mass is 15.3. The lowest BCUT2D eigenvalue weighted by Gasteiger charge is -2.17. The fraction of sp³-hybridized carbons (Fsp3) is 0.786. The normalized spacial score (nSPS) is 17.4. The van der Waals surface area contributed by atoms with Crippen LogP contribution in [0.5, 0.6) is 0 Å². The van der Waals surface area contributed by atoms with Crippen LogP contribution in [-0.4, -0.2) is 22.4 Å². The first kappa shape index (κ1) is 12.6. The third kappa shape index (κ3) is 3.32. The molecule has 1 saturated carbocycles. The van der Waals surface area contributed by atoms with E-state index in [1.807, 2.05) is 0 Å². The van der Waals surface area contributed by atoms with Crippen LogP contribution in [0.15, 0.2) is 6.07 Å². The highest BCUT2D eigenvalue weighted by molar-refractivity contribution is 5.12. The number of nitrogens with one attached hydrogen (secondary N) is 1. The fourth-order valence-electron chi connectivity index (χ4n) is 2.39. The predicted octanol–water partition coefficient (Wildman–Crippen LogP) is 2.30. The molecule has 1 atom stereocenters. The summed E-state index contributed by atoms with van der Waals surface area (Å²) in [6.07, 6.45) is 6.19. The van der Waals surface area contributed by atoms with Crippen molar-refractivity contribution in [3.05, 3.63) is 17.5 Å². The molecule has 1 unspecified atom stereocenters. The van der Waals surface area contributed by atoms with Crippen LogP contribution in [0, 0.1) is 5.92 Å². The van der Waals surface area contributed by atoms with Gasteiger partial charge in [0.1, 0.15) is 0 Å². The number of hydrogen-bond donors (Lipinski definition) is 1. The van der Waals surface area contributed by atoms with Crippen molar-refractivity contribution in [3.63, 3.8) is 0 Å². The van der Waals surface area contributed by atoms with Crippen LogP contribution >= 0.6 is 0 Å². The first-order valence-corrected chi connectivity index (χ1v) is 6.99. The van der Waals surface area contributed by atoms with Crippen LogP contribution in [0.2, 0.25) is 0 Å². The molecule has 0 spiro atoms. The second-order valence-corrected chi connectivity index (χ2v) is 5.21.